The summed E-state index contributed by atoms with van der Waals surface area (Å²) >= 11 is 0. The van der Waals surface area contributed by atoms with Crippen LogP contribution in [0, 0.1) is 0 Å². The van der Waals surface area contributed by atoms with Crippen molar-refractivity contribution in [2.45, 2.75) is 37.8 Å². The van der Waals surface area contributed by atoms with E-state index in [9.17, 15) is 13.2 Å². The summed E-state index contributed by atoms with van der Waals surface area (Å²) in [7, 11) is -3.25. The van der Waals surface area contributed by atoms with Crippen molar-refractivity contribution in [3.05, 3.63) is 35.9 Å². The molecule has 2 unspecified atom stereocenters. The number of likely N-dealkylation sites (tertiary alicyclic amines) is 1. The number of nitrogens with one attached hydrogen (secondary N) is 1. The van der Waals surface area contributed by atoms with Crippen LogP contribution in [0.3, 0.4) is 0 Å². The molecule has 1 aromatic rings. The van der Waals surface area contributed by atoms with Crippen molar-refractivity contribution in [3.63, 3.8) is 0 Å². The number of nitrogens with two attached hydrogens (primary N) is 1. The maximum Gasteiger partial charge on any atom is 0.224 e. The first-order chi connectivity index (χ1) is 10.9. The van der Waals surface area contributed by atoms with Gasteiger partial charge < -0.3 is 10.6 Å². The highest BCUT2D eigenvalue weighted by Gasteiger charge is 2.28. The second-order valence-corrected chi connectivity index (χ2v) is 7.91. The van der Waals surface area contributed by atoms with Crippen molar-refractivity contribution in [1.29, 1.82) is 0 Å². The predicted molar refractivity (Wildman–Crippen MR) is 90.2 cm³/mol. The molecule has 1 saturated heterocycles. The zero-order valence-corrected chi connectivity index (χ0v) is 14.3. The standard InChI is InChI=1S/C16H25N3O3S/c1-23(21,22)18-12-14-9-5-6-10-19(14)16(20)11-15(17)13-7-3-2-4-8-13/h2-4,7-8,14-15,18H,5-6,9-12,17H2,1H3. The molecule has 128 valence electrons. The Hall–Kier alpha value is -1.44. The van der Waals surface area contributed by atoms with E-state index in [1.165, 1.54) is 0 Å². The average Bonchev–Trinajstić information content (AvgIpc) is 2.53. The lowest BCUT2D eigenvalue weighted by Gasteiger charge is -2.36. The molecule has 0 saturated carbocycles. The minimum Gasteiger partial charge on any atom is -0.338 e. The van der Waals surface area contributed by atoms with E-state index in [1.807, 2.05) is 30.3 Å². The highest BCUT2D eigenvalue weighted by atomic mass is 32.2. The number of sulfonamides is 1. The first-order valence-electron chi connectivity index (χ1n) is 7.91. The van der Waals surface area contributed by atoms with Gasteiger partial charge in [-0.1, -0.05) is 30.3 Å². The zero-order valence-electron chi connectivity index (χ0n) is 13.4. The second kappa shape index (κ2) is 7.90. The van der Waals surface area contributed by atoms with Crippen LogP contribution in [0.15, 0.2) is 30.3 Å². The summed E-state index contributed by atoms with van der Waals surface area (Å²) < 4.78 is 25.1. The molecule has 0 aliphatic carbocycles. The first-order valence-corrected chi connectivity index (χ1v) is 9.80. The molecule has 2 rings (SSSR count). The summed E-state index contributed by atoms with van der Waals surface area (Å²) in [5.41, 5.74) is 7.07. The third-order valence-electron chi connectivity index (χ3n) is 4.15. The molecule has 1 heterocycles. The number of carbonyl (C=O) groups excluding carboxylic acids is 1. The Bertz CT molecular complexity index is 619. The summed E-state index contributed by atoms with van der Waals surface area (Å²) in [5.74, 6) is -0.0126. The van der Waals surface area contributed by atoms with Gasteiger partial charge in [0.1, 0.15) is 0 Å². The van der Waals surface area contributed by atoms with E-state index in [0.717, 1.165) is 31.1 Å². The molecule has 2 atom stereocenters. The predicted octanol–water partition coefficient (Wildman–Crippen LogP) is 1.01. The molecule has 0 bridgehead atoms. The maximum atomic E-state index is 12.6. The largest absolute Gasteiger partial charge is 0.338 e. The van der Waals surface area contributed by atoms with Gasteiger partial charge in [0.2, 0.25) is 15.9 Å². The highest BCUT2D eigenvalue weighted by molar-refractivity contribution is 7.88. The van der Waals surface area contributed by atoms with Crippen LogP contribution in [-0.4, -0.2) is 44.6 Å². The van der Waals surface area contributed by atoms with Crippen molar-refractivity contribution >= 4 is 15.9 Å². The van der Waals surface area contributed by atoms with E-state index >= 15 is 0 Å². The number of carbonyl (C=O) groups is 1. The van der Waals surface area contributed by atoms with Crippen LogP contribution in [0.4, 0.5) is 0 Å². The van der Waals surface area contributed by atoms with Gasteiger partial charge >= 0.3 is 0 Å². The summed E-state index contributed by atoms with van der Waals surface area (Å²) in [6.45, 7) is 0.932. The van der Waals surface area contributed by atoms with Crippen LogP contribution in [0.5, 0.6) is 0 Å². The highest BCUT2D eigenvalue weighted by Crippen LogP contribution is 2.21. The van der Waals surface area contributed by atoms with Crippen LogP contribution in [-0.2, 0) is 14.8 Å². The van der Waals surface area contributed by atoms with Crippen LogP contribution < -0.4 is 10.5 Å². The summed E-state index contributed by atoms with van der Waals surface area (Å²) in [4.78, 5) is 14.4. The Morgan fingerprint density at radius 1 is 1.35 bits per heavy atom. The second-order valence-electron chi connectivity index (χ2n) is 6.08. The van der Waals surface area contributed by atoms with E-state index in [0.29, 0.717) is 6.54 Å². The molecule has 0 aromatic heterocycles. The summed E-state index contributed by atoms with van der Waals surface area (Å²) in [6, 6.07) is 9.12. The fraction of sp³-hybridized carbons (Fsp3) is 0.562. The fourth-order valence-electron chi connectivity index (χ4n) is 2.91. The Labute approximate surface area is 138 Å². The van der Waals surface area contributed by atoms with Gasteiger partial charge in [0.15, 0.2) is 0 Å². The zero-order chi connectivity index (χ0) is 16.9. The summed E-state index contributed by atoms with van der Waals surface area (Å²) in [6.07, 6.45) is 4.13. The smallest absolute Gasteiger partial charge is 0.224 e. The molecule has 6 nitrogen and oxygen atoms in total. The van der Waals surface area contributed by atoms with Crippen molar-refractivity contribution in [2.75, 3.05) is 19.3 Å². The minimum atomic E-state index is -3.25. The SMILES string of the molecule is CS(=O)(=O)NCC1CCCCN1C(=O)CC(N)c1ccccc1. The Morgan fingerprint density at radius 2 is 2.04 bits per heavy atom. The lowest BCUT2D eigenvalue weighted by atomic mass is 9.99. The number of rotatable bonds is 6. The molecule has 1 amide bonds. The normalized spacial score (nSPS) is 20.3. The van der Waals surface area contributed by atoms with Gasteiger partial charge in [-0.3, -0.25) is 4.79 Å². The maximum absolute atomic E-state index is 12.6. The van der Waals surface area contributed by atoms with E-state index < -0.39 is 10.0 Å². The number of amides is 1. The Balaban J connectivity index is 1.97. The van der Waals surface area contributed by atoms with E-state index in [4.69, 9.17) is 5.73 Å². The van der Waals surface area contributed by atoms with Crippen molar-refractivity contribution in [3.8, 4) is 0 Å². The molecule has 1 fully saturated rings. The quantitative estimate of drug-likeness (QED) is 0.809. The van der Waals surface area contributed by atoms with E-state index in [2.05, 4.69) is 4.72 Å². The molecular formula is C16H25N3O3S. The van der Waals surface area contributed by atoms with Crippen molar-refractivity contribution in [1.82, 2.24) is 9.62 Å². The van der Waals surface area contributed by atoms with Crippen LogP contribution in [0.2, 0.25) is 0 Å². The number of hydrogen-bond donors (Lipinski definition) is 2. The molecule has 0 spiro atoms. The Morgan fingerprint density at radius 3 is 2.70 bits per heavy atom. The Kier molecular flexibility index (Phi) is 6.15. The van der Waals surface area contributed by atoms with Crippen molar-refractivity contribution < 1.29 is 13.2 Å². The fourth-order valence-corrected chi connectivity index (χ4v) is 3.41. The molecule has 0 radical (unpaired) electrons. The molecule has 7 heteroatoms. The minimum absolute atomic E-state index is 0.0126. The van der Waals surface area contributed by atoms with Gasteiger partial charge in [0, 0.05) is 31.6 Å². The topological polar surface area (TPSA) is 92.5 Å². The molecule has 1 aromatic carbocycles. The number of nitrogens with zero attached hydrogens (tertiary/aromatic N) is 1. The summed E-state index contributed by atoms with van der Waals surface area (Å²) in [5, 5.41) is 0. The van der Waals surface area contributed by atoms with E-state index in [-0.39, 0.29) is 31.0 Å². The van der Waals surface area contributed by atoms with Gasteiger partial charge in [0.05, 0.1) is 6.26 Å². The molecule has 23 heavy (non-hydrogen) atoms. The third-order valence-corrected chi connectivity index (χ3v) is 4.84. The van der Waals surface area contributed by atoms with Gasteiger partial charge in [0.25, 0.3) is 0 Å². The van der Waals surface area contributed by atoms with Crippen LogP contribution in [0.25, 0.3) is 0 Å². The third kappa shape index (κ3) is 5.60. The van der Waals surface area contributed by atoms with Crippen LogP contribution >= 0.6 is 0 Å². The van der Waals surface area contributed by atoms with Gasteiger partial charge in [-0.25, -0.2) is 13.1 Å². The number of hydrogen-bond acceptors (Lipinski definition) is 4. The molecule has 1 aliphatic heterocycles. The molecular weight excluding hydrogens is 314 g/mol. The monoisotopic (exact) mass is 339 g/mol. The number of piperidine rings is 1. The van der Waals surface area contributed by atoms with Crippen LogP contribution in [0.1, 0.15) is 37.3 Å². The van der Waals surface area contributed by atoms with Gasteiger partial charge in [-0.05, 0) is 24.8 Å². The number of benzene rings is 1. The van der Waals surface area contributed by atoms with Gasteiger partial charge in [-0.2, -0.15) is 0 Å². The average molecular weight is 339 g/mol. The lowest BCUT2D eigenvalue weighted by Crippen LogP contribution is -2.49. The molecule has 3 N–H and O–H groups in total. The van der Waals surface area contributed by atoms with Crippen molar-refractivity contribution in [2.24, 2.45) is 5.73 Å². The van der Waals surface area contributed by atoms with E-state index in [1.54, 1.807) is 4.90 Å². The first kappa shape index (κ1) is 17.9. The lowest BCUT2D eigenvalue weighted by molar-refractivity contribution is -0.135. The van der Waals surface area contributed by atoms with Gasteiger partial charge in [-0.15, -0.1) is 0 Å². The molecule has 1 aliphatic rings.